The van der Waals surface area contributed by atoms with Gasteiger partial charge in [0.1, 0.15) is 12.7 Å². The summed E-state index contributed by atoms with van der Waals surface area (Å²) in [4.78, 5) is 6.43. The lowest BCUT2D eigenvalue weighted by Crippen LogP contribution is -2.33. The van der Waals surface area contributed by atoms with Crippen molar-refractivity contribution < 1.29 is 5.11 Å². The van der Waals surface area contributed by atoms with Gasteiger partial charge in [0.2, 0.25) is 0 Å². The van der Waals surface area contributed by atoms with Gasteiger partial charge >= 0.3 is 0 Å². The summed E-state index contributed by atoms with van der Waals surface area (Å²) in [7, 11) is 0. The van der Waals surface area contributed by atoms with Crippen molar-refractivity contribution >= 4 is 0 Å². The molecule has 1 aliphatic heterocycles. The summed E-state index contributed by atoms with van der Waals surface area (Å²) in [6.07, 6.45) is 6.14. The highest BCUT2D eigenvalue weighted by molar-refractivity contribution is 5.17. The summed E-state index contributed by atoms with van der Waals surface area (Å²) in [6.45, 7) is 2.94. The van der Waals surface area contributed by atoms with Crippen LogP contribution in [-0.2, 0) is 6.54 Å². The number of aliphatic hydroxyl groups excluding tert-OH is 1. The third-order valence-electron chi connectivity index (χ3n) is 4.26. The molecular formula is C16H22N4O. The van der Waals surface area contributed by atoms with E-state index in [9.17, 15) is 5.11 Å². The minimum atomic E-state index is -0.372. The van der Waals surface area contributed by atoms with Gasteiger partial charge in [-0.1, -0.05) is 30.3 Å². The van der Waals surface area contributed by atoms with E-state index in [0.717, 1.165) is 31.6 Å². The van der Waals surface area contributed by atoms with E-state index >= 15 is 0 Å². The van der Waals surface area contributed by atoms with E-state index in [1.807, 2.05) is 35.0 Å². The highest BCUT2D eigenvalue weighted by Gasteiger charge is 2.26. The normalized spacial score (nSPS) is 20.7. The van der Waals surface area contributed by atoms with E-state index < -0.39 is 0 Å². The fraction of sp³-hybridized carbons (Fsp3) is 0.500. The van der Waals surface area contributed by atoms with Crippen LogP contribution >= 0.6 is 0 Å². The van der Waals surface area contributed by atoms with E-state index in [1.165, 1.54) is 12.8 Å². The molecule has 1 saturated heterocycles. The van der Waals surface area contributed by atoms with Gasteiger partial charge in [0.05, 0.1) is 12.6 Å². The zero-order valence-electron chi connectivity index (χ0n) is 12.2. The Morgan fingerprint density at radius 3 is 2.86 bits per heavy atom. The van der Waals surface area contributed by atoms with Gasteiger partial charge in [0.15, 0.2) is 0 Å². The van der Waals surface area contributed by atoms with Crippen LogP contribution in [0.3, 0.4) is 0 Å². The minimum absolute atomic E-state index is 0.372. The van der Waals surface area contributed by atoms with Crippen LogP contribution in [0, 0.1) is 0 Å². The maximum atomic E-state index is 10.4. The Balaban J connectivity index is 1.54. The van der Waals surface area contributed by atoms with Crippen molar-refractivity contribution in [1.29, 1.82) is 0 Å². The molecule has 0 spiro atoms. The van der Waals surface area contributed by atoms with Crippen molar-refractivity contribution in [1.82, 2.24) is 19.7 Å². The zero-order valence-corrected chi connectivity index (χ0v) is 12.2. The van der Waals surface area contributed by atoms with E-state index in [4.69, 9.17) is 0 Å². The molecule has 112 valence electrons. The number of likely N-dealkylation sites (tertiary alicyclic amines) is 1. The van der Waals surface area contributed by atoms with Crippen LogP contribution < -0.4 is 0 Å². The number of benzene rings is 1. The van der Waals surface area contributed by atoms with Crippen LogP contribution in [0.2, 0.25) is 0 Å². The molecule has 0 radical (unpaired) electrons. The Labute approximate surface area is 125 Å². The van der Waals surface area contributed by atoms with Crippen molar-refractivity contribution in [3.8, 4) is 0 Å². The molecule has 0 amide bonds. The molecule has 21 heavy (non-hydrogen) atoms. The molecule has 0 bridgehead atoms. The predicted octanol–water partition coefficient (Wildman–Crippen LogP) is 1.87. The first-order chi connectivity index (χ1) is 10.3. The maximum Gasteiger partial charge on any atom is 0.137 e. The van der Waals surface area contributed by atoms with Gasteiger partial charge in [-0.2, -0.15) is 5.10 Å². The average Bonchev–Trinajstić information content (AvgIpc) is 3.17. The van der Waals surface area contributed by atoms with Gasteiger partial charge in [-0.3, -0.25) is 9.58 Å². The monoisotopic (exact) mass is 286 g/mol. The van der Waals surface area contributed by atoms with E-state index in [1.54, 1.807) is 12.7 Å². The van der Waals surface area contributed by atoms with Crippen molar-refractivity contribution in [3.05, 3.63) is 48.5 Å². The van der Waals surface area contributed by atoms with Crippen LogP contribution in [-0.4, -0.2) is 43.9 Å². The predicted molar refractivity (Wildman–Crippen MR) is 80.6 cm³/mol. The number of aliphatic hydroxyl groups is 1. The smallest absolute Gasteiger partial charge is 0.137 e. The highest BCUT2D eigenvalue weighted by atomic mass is 16.3. The van der Waals surface area contributed by atoms with Gasteiger partial charge in [-0.05, 0) is 31.4 Å². The molecule has 1 fully saturated rings. The van der Waals surface area contributed by atoms with E-state index in [2.05, 4.69) is 15.0 Å². The van der Waals surface area contributed by atoms with Crippen molar-refractivity contribution in [3.63, 3.8) is 0 Å². The Hall–Kier alpha value is -1.72. The number of aromatic nitrogens is 3. The highest BCUT2D eigenvalue weighted by Crippen LogP contribution is 2.27. The summed E-state index contributed by atoms with van der Waals surface area (Å²) >= 11 is 0. The molecule has 1 N–H and O–H groups in total. The molecule has 2 unspecified atom stereocenters. The van der Waals surface area contributed by atoms with Gasteiger partial charge in [0.25, 0.3) is 0 Å². The topological polar surface area (TPSA) is 54.2 Å². The van der Waals surface area contributed by atoms with Crippen LogP contribution in [0.5, 0.6) is 0 Å². The fourth-order valence-electron chi connectivity index (χ4n) is 3.10. The van der Waals surface area contributed by atoms with Gasteiger partial charge in [0, 0.05) is 12.6 Å². The zero-order chi connectivity index (χ0) is 14.5. The molecule has 5 heteroatoms. The SMILES string of the molecule is OC(CC1CCCN1CCn1cncn1)c1ccccc1. The van der Waals surface area contributed by atoms with Gasteiger partial charge in [-0.15, -0.1) is 0 Å². The molecule has 5 nitrogen and oxygen atoms in total. The van der Waals surface area contributed by atoms with Crippen LogP contribution in [0.4, 0.5) is 0 Å². The van der Waals surface area contributed by atoms with Crippen molar-refractivity contribution in [2.24, 2.45) is 0 Å². The number of hydrogen-bond donors (Lipinski definition) is 1. The first-order valence-electron chi connectivity index (χ1n) is 7.62. The molecule has 1 aromatic heterocycles. The average molecular weight is 286 g/mol. The number of nitrogens with zero attached hydrogens (tertiary/aromatic N) is 4. The quantitative estimate of drug-likeness (QED) is 0.881. The lowest BCUT2D eigenvalue weighted by molar-refractivity contribution is 0.118. The fourth-order valence-corrected chi connectivity index (χ4v) is 3.10. The first-order valence-corrected chi connectivity index (χ1v) is 7.62. The lowest BCUT2D eigenvalue weighted by atomic mass is 10.0. The largest absolute Gasteiger partial charge is 0.388 e. The Kier molecular flexibility index (Phi) is 4.62. The second kappa shape index (κ2) is 6.83. The molecule has 2 aromatic rings. The Bertz CT molecular complexity index is 528. The molecule has 0 aliphatic carbocycles. The standard InChI is InChI=1S/C16H22N4O/c21-16(14-5-2-1-3-6-14)11-15-7-4-8-19(15)9-10-20-13-17-12-18-20/h1-3,5-6,12-13,15-16,21H,4,7-11H2. The Morgan fingerprint density at radius 2 is 2.10 bits per heavy atom. The van der Waals surface area contributed by atoms with Crippen molar-refractivity contribution in [2.45, 2.75) is 38.0 Å². The van der Waals surface area contributed by atoms with E-state index in [-0.39, 0.29) is 6.10 Å². The van der Waals surface area contributed by atoms with E-state index in [0.29, 0.717) is 6.04 Å². The number of hydrogen-bond acceptors (Lipinski definition) is 4. The first kappa shape index (κ1) is 14.2. The third kappa shape index (κ3) is 3.68. The second-order valence-corrected chi connectivity index (χ2v) is 5.65. The Morgan fingerprint density at radius 1 is 1.24 bits per heavy atom. The lowest BCUT2D eigenvalue weighted by Gasteiger charge is -2.26. The molecule has 2 atom stereocenters. The summed E-state index contributed by atoms with van der Waals surface area (Å²) in [5.41, 5.74) is 1.01. The van der Waals surface area contributed by atoms with Crippen LogP contribution in [0.15, 0.2) is 43.0 Å². The van der Waals surface area contributed by atoms with Crippen molar-refractivity contribution in [2.75, 3.05) is 13.1 Å². The van der Waals surface area contributed by atoms with Crippen LogP contribution in [0.25, 0.3) is 0 Å². The molecular weight excluding hydrogens is 264 g/mol. The minimum Gasteiger partial charge on any atom is -0.388 e. The summed E-state index contributed by atoms with van der Waals surface area (Å²) in [5.74, 6) is 0. The molecule has 1 aromatic carbocycles. The van der Waals surface area contributed by atoms with Gasteiger partial charge < -0.3 is 5.11 Å². The van der Waals surface area contributed by atoms with Gasteiger partial charge in [-0.25, -0.2) is 4.98 Å². The maximum absolute atomic E-state index is 10.4. The molecule has 1 aliphatic rings. The summed E-state index contributed by atoms with van der Waals surface area (Å²) < 4.78 is 1.86. The third-order valence-corrected chi connectivity index (χ3v) is 4.26. The molecule has 3 rings (SSSR count). The molecule has 0 saturated carbocycles. The van der Waals surface area contributed by atoms with Crippen LogP contribution in [0.1, 0.15) is 30.9 Å². The second-order valence-electron chi connectivity index (χ2n) is 5.65. The molecule has 2 heterocycles. The summed E-state index contributed by atoms with van der Waals surface area (Å²) in [5, 5.41) is 14.5. The summed E-state index contributed by atoms with van der Waals surface area (Å²) in [6, 6.07) is 10.4. The number of rotatable bonds is 6.